The normalized spacial score (nSPS) is 19.2. The summed E-state index contributed by atoms with van der Waals surface area (Å²) in [7, 11) is 3.99. The number of carbonyl (C=O) groups is 4. The smallest absolute Gasteiger partial charge is 0.407 e. The van der Waals surface area contributed by atoms with Crippen LogP contribution < -0.4 is 10.6 Å². The van der Waals surface area contributed by atoms with Crippen LogP contribution in [-0.4, -0.2) is 118 Å². The molecule has 2 aromatic heterocycles. The Morgan fingerprint density at radius 2 is 1.43 bits per heavy atom. The van der Waals surface area contributed by atoms with Gasteiger partial charge in [0.1, 0.15) is 29.8 Å². The van der Waals surface area contributed by atoms with Crippen LogP contribution in [0.25, 0.3) is 33.6 Å². The summed E-state index contributed by atoms with van der Waals surface area (Å²) in [5.41, 5.74) is 5.13. The maximum atomic E-state index is 13.9. The van der Waals surface area contributed by atoms with Crippen molar-refractivity contribution in [2.24, 2.45) is 11.0 Å². The van der Waals surface area contributed by atoms with Gasteiger partial charge in [-0.3, -0.25) is 9.59 Å². The highest BCUT2D eigenvalue weighted by molar-refractivity contribution is 7.99. The number of thioether (sulfide) groups is 1. The molecule has 1 saturated heterocycles. The molecule has 4 heterocycles. The van der Waals surface area contributed by atoms with Crippen LogP contribution in [0.1, 0.15) is 57.3 Å². The van der Waals surface area contributed by atoms with Gasteiger partial charge in [-0.15, -0.1) is 0 Å². The lowest BCUT2D eigenvalue weighted by Crippen LogP contribution is -2.54. The van der Waals surface area contributed by atoms with Gasteiger partial charge in [0.25, 0.3) is 5.91 Å². The number of hydrogen-bond acceptors (Lipinski definition) is 11. The Kier molecular flexibility index (Phi) is 13.4. The first-order valence-corrected chi connectivity index (χ1v) is 20.5. The molecule has 2 aliphatic heterocycles. The average Bonchev–Trinajstić information content (AvgIpc) is 4.07. The molecule has 6 rings (SSSR count). The number of hydrazone groups is 1. The number of benzene rings is 2. The van der Waals surface area contributed by atoms with Crippen LogP contribution >= 0.6 is 23.4 Å². The van der Waals surface area contributed by atoms with Gasteiger partial charge < -0.3 is 39.7 Å². The van der Waals surface area contributed by atoms with Gasteiger partial charge in [-0.2, -0.15) is 16.9 Å². The summed E-state index contributed by atoms with van der Waals surface area (Å²) in [4.78, 5) is 69.1. The Morgan fingerprint density at radius 3 is 2.02 bits per heavy atom. The zero-order valence-electron chi connectivity index (χ0n) is 33.3. The van der Waals surface area contributed by atoms with E-state index in [9.17, 15) is 19.2 Å². The first kappa shape index (κ1) is 42.2. The van der Waals surface area contributed by atoms with Crippen molar-refractivity contribution >= 4 is 53.6 Å². The van der Waals surface area contributed by atoms with Gasteiger partial charge in [-0.1, -0.05) is 74.0 Å². The molecular weight excluding hydrogens is 786 g/mol. The number of alkyl carbamates (subject to hydrolysis) is 2. The summed E-state index contributed by atoms with van der Waals surface area (Å²) in [6.07, 6.45) is 4.57. The van der Waals surface area contributed by atoms with Crippen molar-refractivity contribution in [2.45, 2.75) is 69.1 Å². The number of halogens is 1. The van der Waals surface area contributed by atoms with Crippen LogP contribution in [0.3, 0.4) is 0 Å². The van der Waals surface area contributed by atoms with E-state index in [1.165, 1.54) is 26.3 Å². The largest absolute Gasteiger partial charge is 0.453 e. The molecule has 308 valence electrons. The molecule has 0 aliphatic carbocycles. The van der Waals surface area contributed by atoms with Gasteiger partial charge >= 0.3 is 12.2 Å². The van der Waals surface area contributed by atoms with Crippen LogP contribution in [0, 0.1) is 5.92 Å². The van der Waals surface area contributed by atoms with E-state index in [0.29, 0.717) is 36.7 Å². The lowest BCUT2D eigenvalue weighted by molar-refractivity contribution is -0.138. The summed E-state index contributed by atoms with van der Waals surface area (Å²) >= 11 is 8.33. The van der Waals surface area contributed by atoms with Gasteiger partial charge in [-0.25, -0.2) is 24.6 Å². The number of aromatic nitrogens is 4. The highest BCUT2D eigenvalue weighted by Gasteiger charge is 2.42. The number of imidazole rings is 2. The van der Waals surface area contributed by atoms with E-state index in [1.807, 2.05) is 68.6 Å². The second-order valence-electron chi connectivity index (χ2n) is 14.4. The van der Waals surface area contributed by atoms with Gasteiger partial charge in [0.15, 0.2) is 5.15 Å². The number of carbonyl (C=O) groups excluding carboxylic acids is 4. The van der Waals surface area contributed by atoms with Crippen molar-refractivity contribution in [3.63, 3.8) is 0 Å². The fourth-order valence-electron chi connectivity index (χ4n) is 7.09. The second-order valence-corrected chi connectivity index (χ2v) is 15.9. The monoisotopic (exact) mass is 833 g/mol. The first-order chi connectivity index (χ1) is 27.9. The molecule has 2 aromatic carbocycles. The summed E-state index contributed by atoms with van der Waals surface area (Å²) in [6, 6.07) is 13.4. The van der Waals surface area contributed by atoms with Crippen LogP contribution in [-0.2, 0) is 23.8 Å². The topological polar surface area (TPSA) is 196 Å². The van der Waals surface area contributed by atoms with Crippen molar-refractivity contribution in [3.05, 3.63) is 71.5 Å². The van der Waals surface area contributed by atoms with Crippen LogP contribution in [0.2, 0.25) is 5.15 Å². The zero-order chi connectivity index (χ0) is 41.7. The quantitative estimate of drug-likeness (QED) is 0.121. The standard InChI is InChI=1S/C40H48ClN9O7S/c1-21(2)31(46-39(53)56-5)38(52)50-29(16-17-43-50)36-45-33(34(41)48-36)26-14-10-24(11-15-26)23-8-12-25(13-9-23)28-19-42-35(44-28)30-18-27(58-7)20-49(30)37(51)32(22(3)55-4)47-40(54)57-6/h8-15,17,19,21-22,27,29-32H,16,18,20H2,1-7H3,(H,42,44)(H,45,48)(H,46,53)(H,47,54)/t22-,27+,29+,30+,31+,32+/m1/s1. The summed E-state index contributed by atoms with van der Waals surface area (Å²) in [6.45, 7) is 5.89. The average molecular weight is 834 g/mol. The minimum Gasteiger partial charge on any atom is -0.453 e. The number of hydrogen-bond donors (Lipinski definition) is 4. The van der Waals surface area contributed by atoms with Gasteiger partial charge in [-0.05, 0) is 42.2 Å². The van der Waals surface area contributed by atoms with Gasteiger partial charge in [0, 0.05) is 37.1 Å². The van der Waals surface area contributed by atoms with Crippen LogP contribution in [0.15, 0.2) is 59.8 Å². The van der Waals surface area contributed by atoms with Crippen LogP contribution in [0.4, 0.5) is 9.59 Å². The third kappa shape index (κ3) is 9.01. The molecule has 0 spiro atoms. The minimum absolute atomic E-state index is 0.194. The Labute approximate surface area is 345 Å². The number of nitrogens with zero attached hydrogens (tertiary/aromatic N) is 5. The molecule has 18 heteroatoms. The molecule has 0 bridgehead atoms. The molecule has 4 aromatic rings. The van der Waals surface area contributed by atoms with Gasteiger partial charge in [0.2, 0.25) is 5.91 Å². The minimum atomic E-state index is -0.928. The predicted molar refractivity (Wildman–Crippen MR) is 221 cm³/mol. The van der Waals surface area contributed by atoms with Crippen molar-refractivity contribution in [1.29, 1.82) is 0 Å². The predicted octanol–water partition coefficient (Wildman–Crippen LogP) is 6.19. The van der Waals surface area contributed by atoms with Crippen molar-refractivity contribution in [1.82, 2.24) is 40.5 Å². The lowest BCUT2D eigenvalue weighted by atomic mass is 10.0. The Morgan fingerprint density at radius 1 is 0.828 bits per heavy atom. The maximum absolute atomic E-state index is 13.9. The summed E-state index contributed by atoms with van der Waals surface area (Å²) in [5.74, 6) is 0.279. The lowest BCUT2D eigenvalue weighted by Gasteiger charge is -2.30. The van der Waals surface area contributed by atoms with E-state index in [4.69, 9.17) is 30.8 Å². The third-order valence-corrected chi connectivity index (χ3v) is 11.8. The molecule has 0 saturated carbocycles. The molecule has 6 atom stereocenters. The fraction of sp³-hybridized carbons (Fsp3) is 0.425. The van der Waals surface area contributed by atoms with Crippen molar-refractivity contribution in [3.8, 4) is 33.6 Å². The number of methoxy groups -OCH3 is 3. The van der Waals surface area contributed by atoms with E-state index in [0.717, 1.165) is 27.9 Å². The van der Waals surface area contributed by atoms with Gasteiger partial charge in [0.05, 0.1) is 44.0 Å². The number of H-pyrrole nitrogens is 2. The van der Waals surface area contributed by atoms with E-state index in [1.54, 1.807) is 36.0 Å². The highest BCUT2D eigenvalue weighted by atomic mass is 35.5. The number of aromatic amines is 2. The fourth-order valence-corrected chi connectivity index (χ4v) is 8.02. The molecule has 16 nitrogen and oxygen atoms in total. The molecule has 58 heavy (non-hydrogen) atoms. The van der Waals surface area contributed by atoms with Crippen LogP contribution in [0.5, 0.6) is 0 Å². The third-order valence-electron chi connectivity index (χ3n) is 10.5. The molecule has 0 radical (unpaired) electrons. The zero-order valence-corrected chi connectivity index (χ0v) is 34.9. The number of ether oxygens (including phenoxy) is 3. The van der Waals surface area contributed by atoms with E-state index in [-0.39, 0.29) is 34.2 Å². The summed E-state index contributed by atoms with van der Waals surface area (Å²) < 4.78 is 14.9. The number of rotatable bonds is 13. The molecule has 2 aliphatic rings. The molecule has 0 unspecified atom stereocenters. The Bertz CT molecular complexity index is 2120. The van der Waals surface area contributed by atoms with Crippen molar-refractivity contribution < 1.29 is 33.4 Å². The number of nitrogens with one attached hydrogen (secondary N) is 4. The molecule has 4 N–H and O–H groups in total. The van der Waals surface area contributed by atoms with E-state index in [2.05, 4.69) is 30.7 Å². The molecular formula is C40H48ClN9O7S. The Hall–Kier alpha value is -5.39. The van der Waals surface area contributed by atoms with E-state index >= 15 is 0 Å². The first-order valence-electron chi connectivity index (χ1n) is 18.8. The Balaban J connectivity index is 1.15. The highest BCUT2D eigenvalue weighted by Crippen LogP contribution is 2.38. The van der Waals surface area contributed by atoms with E-state index < -0.39 is 36.4 Å². The number of likely N-dealkylation sites (tertiary alicyclic amines) is 1. The summed E-state index contributed by atoms with van der Waals surface area (Å²) in [5, 5.41) is 11.3. The van der Waals surface area contributed by atoms with Crippen molar-refractivity contribution in [2.75, 3.05) is 34.1 Å². The SMILES string of the molecule is COC(=O)N[C@H](C(=O)N1N=CC[C@H]1c1nc(Cl)c(-c2ccc(-c3ccc(-c4cnc([C@@H]5C[C@H](SC)CN5C(=O)[C@@H](NC(=O)OC)[C@@H](C)OC)[nH]4)cc3)cc2)[nH]1)C(C)C. The molecule has 4 amide bonds. The number of amides is 4. The molecule has 1 fully saturated rings. The maximum Gasteiger partial charge on any atom is 0.407 e. The second kappa shape index (κ2) is 18.5.